The van der Waals surface area contributed by atoms with Gasteiger partial charge in [-0.1, -0.05) is 91.0 Å². The van der Waals surface area contributed by atoms with Gasteiger partial charge in [-0.15, -0.1) is 0 Å². The summed E-state index contributed by atoms with van der Waals surface area (Å²) in [6.45, 7) is 2.49. The van der Waals surface area contributed by atoms with Crippen LogP contribution in [0.1, 0.15) is 31.4 Å². The number of benzene rings is 3. The molecule has 1 fully saturated rings. The highest BCUT2D eigenvalue weighted by Crippen LogP contribution is 2.28. The normalized spacial score (nSPS) is 24.5. The molecule has 0 radical (unpaired) electrons. The van der Waals surface area contributed by atoms with E-state index in [1.54, 1.807) is 0 Å². The smallest absolute Gasteiger partial charge is 0.304 e. The minimum absolute atomic E-state index is 0.185. The summed E-state index contributed by atoms with van der Waals surface area (Å²) in [6, 6.07) is 29.4. The quantitative estimate of drug-likeness (QED) is 0.360. The highest BCUT2D eigenvalue weighted by atomic mass is 16.7. The van der Waals surface area contributed by atoms with Crippen LogP contribution >= 0.6 is 0 Å². The van der Waals surface area contributed by atoms with Gasteiger partial charge in [0.15, 0.2) is 0 Å². The van der Waals surface area contributed by atoms with E-state index in [1.807, 2.05) is 91.0 Å². The summed E-state index contributed by atoms with van der Waals surface area (Å²) in [5, 5.41) is 0. The first-order valence-electron chi connectivity index (χ1n) is 12.4. The molecule has 6 nitrogen and oxygen atoms in total. The Morgan fingerprint density at radius 3 is 1.89 bits per heavy atom. The summed E-state index contributed by atoms with van der Waals surface area (Å²) < 4.78 is 38.8. The van der Waals surface area contributed by atoms with Crippen molar-refractivity contribution in [2.24, 2.45) is 0 Å². The molecular formula is C29H32O6. The van der Waals surface area contributed by atoms with Crippen molar-refractivity contribution in [2.45, 2.75) is 57.7 Å². The van der Waals surface area contributed by atoms with Crippen molar-refractivity contribution in [3.05, 3.63) is 108 Å². The Morgan fingerprint density at radius 1 is 0.829 bits per heavy atom. The second-order valence-corrected chi connectivity index (χ2v) is 8.37. The van der Waals surface area contributed by atoms with Gasteiger partial charge in [0.1, 0.15) is 12.2 Å². The summed E-state index contributed by atoms with van der Waals surface area (Å²) in [5.74, 6) is -0.522. The minimum atomic E-state index is -1.09. The van der Waals surface area contributed by atoms with E-state index in [1.165, 1.54) is 6.92 Å². The van der Waals surface area contributed by atoms with Crippen LogP contribution in [0.25, 0.3) is 0 Å². The molecule has 5 atom stereocenters. The zero-order valence-corrected chi connectivity index (χ0v) is 19.8. The molecule has 184 valence electrons. The summed E-state index contributed by atoms with van der Waals surface area (Å²) in [5.41, 5.74) is 2.99. The number of carbonyl (C=O) groups excluding carboxylic acids is 1. The van der Waals surface area contributed by atoms with Gasteiger partial charge in [-0.05, 0) is 16.7 Å². The van der Waals surface area contributed by atoms with Gasteiger partial charge >= 0.3 is 5.97 Å². The van der Waals surface area contributed by atoms with Crippen LogP contribution in [0.4, 0.5) is 0 Å². The Bertz CT molecular complexity index is 1050. The molecule has 6 heteroatoms. The second kappa shape index (κ2) is 13.2. The maximum atomic E-state index is 11.8. The lowest BCUT2D eigenvalue weighted by Crippen LogP contribution is -2.53. The van der Waals surface area contributed by atoms with Gasteiger partial charge in [-0.3, -0.25) is 4.79 Å². The Balaban J connectivity index is 1.52. The molecule has 35 heavy (non-hydrogen) atoms. The summed E-state index contributed by atoms with van der Waals surface area (Å²) in [6.07, 6.45) is -4.02. The van der Waals surface area contributed by atoms with Crippen LogP contribution in [0.5, 0.6) is 0 Å². The third kappa shape index (κ3) is 8.01. The topological polar surface area (TPSA) is 63.2 Å². The van der Waals surface area contributed by atoms with Crippen LogP contribution in [-0.2, 0) is 48.3 Å². The van der Waals surface area contributed by atoms with E-state index in [0.717, 1.165) is 16.7 Å². The highest BCUT2D eigenvalue weighted by Gasteiger charge is 2.42. The standard InChI is InChI=1S/C29H32O6/c1-22(30)34-28-17-26(32-19-24-13-7-3-8-14-24)29(33-20-25-15-9-4-10-16-25)27(35-28)21-31-18-23-11-5-2-6-12-23/h2-16,26-29H,17-21H2,1H3/t26-,27-,28+,29+/m1/s1/i17D/t17-,26-,27-,28+,29+. The molecule has 0 aliphatic carbocycles. The Labute approximate surface area is 208 Å². The molecule has 3 aromatic carbocycles. The lowest BCUT2D eigenvalue weighted by molar-refractivity contribution is -0.271. The lowest BCUT2D eigenvalue weighted by atomic mass is 10.0. The first-order valence-corrected chi connectivity index (χ1v) is 11.8. The van der Waals surface area contributed by atoms with Gasteiger partial charge in [0.2, 0.25) is 6.29 Å². The predicted molar refractivity (Wildman–Crippen MR) is 131 cm³/mol. The maximum Gasteiger partial charge on any atom is 0.304 e. The largest absolute Gasteiger partial charge is 0.436 e. The van der Waals surface area contributed by atoms with E-state index < -0.39 is 37.0 Å². The number of carbonyl (C=O) groups is 1. The van der Waals surface area contributed by atoms with Crippen molar-refractivity contribution >= 4 is 5.97 Å². The molecule has 4 rings (SSSR count). The molecule has 0 amide bonds. The Hall–Kier alpha value is -3.03. The fraction of sp³-hybridized carbons (Fsp3) is 0.345. The number of ether oxygens (including phenoxy) is 5. The zero-order chi connectivity index (χ0) is 25.2. The van der Waals surface area contributed by atoms with E-state index in [2.05, 4.69) is 0 Å². The van der Waals surface area contributed by atoms with E-state index in [9.17, 15) is 4.79 Å². The molecule has 0 bridgehead atoms. The van der Waals surface area contributed by atoms with Gasteiger partial charge in [-0.2, -0.15) is 0 Å². The van der Waals surface area contributed by atoms with Crippen LogP contribution < -0.4 is 0 Å². The van der Waals surface area contributed by atoms with Gasteiger partial charge in [0.05, 0.1) is 32.5 Å². The fourth-order valence-corrected chi connectivity index (χ4v) is 3.89. The van der Waals surface area contributed by atoms with Crippen molar-refractivity contribution < 1.29 is 29.8 Å². The second-order valence-electron chi connectivity index (χ2n) is 8.37. The zero-order valence-electron chi connectivity index (χ0n) is 20.8. The van der Waals surface area contributed by atoms with E-state index in [4.69, 9.17) is 25.1 Å². The SMILES string of the molecule is [2H][C@H]1[C@@H](OC(C)=O)O[C@H](COCc2ccccc2)[C@@H](OCc2ccccc2)[C@@H]1OCc1ccccc1. The number of rotatable bonds is 11. The van der Waals surface area contributed by atoms with Gasteiger partial charge < -0.3 is 23.7 Å². The first-order chi connectivity index (χ1) is 17.6. The van der Waals surface area contributed by atoms with E-state index >= 15 is 0 Å². The molecule has 0 aromatic heterocycles. The van der Waals surface area contributed by atoms with Crippen molar-refractivity contribution in [1.29, 1.82) is 0 Å². The number of hydrogen-bond donors (Lipinski definition) is 0. The van der Waals surface area contributed by atoms with E-state index in [0.29, 0.717) is 13.2 Å². The Kier molecular flexibility index (Phi) is 8.91. The van der Waals surface area contributed by atoms with Crippen LogP contribution in [0, 0.1) is 0 Å². The highest BCUT2D eigenvalue weighted by molar-refractivity contribution is 5.66. The maximum absolute atomic E-state index is 11.8. The molecule has 3 aromatic rings. The summed E-state index contributed by atoms with van der Waals surface area (Å²) in [7, 11) is 0. The van der Waals surface area contributed by atoms with Gasteiger partial charge in [0.25, 0.3) is 0 Å². The minimum Gasteiger partial charge on any atom is -0.436 e. The number of esters is 1. The average molecular weight is 478 g/mol. The van der Waals surface area contributed by atoms with E-state index in [-0.39, 0.29) is 13.2 Å². The fourth-order valence-electron chi connectivity index (χ4n) is 3.89. The molecule has 0 unspecified atom stereocenters. The van der Waals surface area contributed by atoms with Crippen molar-refractivity contribution in [3.8, 4) is 0 Å². The summed E-state index contributed by atoms with van der Waals surface area (Å²) >= 11 is 0. The monoisotopic (exact) mass is 477 g/mol. The van der Waals surface area contributed by atoms with Crippen molar-refractivity contribution in [1.82, 2.24) is 0 Å². The van der Waals surface area contributed by atoms with Crippen LogP contribution in [0.3, 0.4) is 0 Å². The average Bonchev–Trinajstić information content (AvgIpc) is 2.90. The molecule has 1 saturated heterocycles. The van der Waals surface area contributed by atoms with Crippen molar-refractivity contribution in [2.75, 3.05) is 6.61 Å². The lowest BCUT2D eigenvalue weighted by Gasteiger charge is -2.40. The molecular weight excluding hydrogens is 444 g/mol. The molecule has 0 N–H and O–H groups in total. The predicted octanol–water partition coefficient (Wildman–Crippen LogP) is 5.05. The molecule has 0 saturated carbocycles. The van der Waals surface area contributed by atoms with Crippen LogP contribution in [0.2, 0.25) is 0 Å². The van der Waals surface area contributed by atoms with Crippen LogP contribution in [-0.4, -0.2) is 37.2 Å². The van der Waals surface area contributed by atoms with Crippen molar-refractivity contribution in [3.63, 3.8) is 0 Å². The Morgan fingerprint density at radius 2 is 1.34 bits per heavy atom. The molecule has 1 aliphatic heterocycles. The molecule has 1 aliphatic rings. The van der Waals surface area contributed by atoms with Gasteiger partial charge in [-0.25, -0.2) is 0 Å². The first kappa shape index (κ1) is 23.7. The summed E-state index contributed by atoms with van der Waals surface area (Å²) in [4.78, 5) is 11.8. The van der Waals surface area contributed by atoms with Crippen LogP contribution in [0.15, 0.2) is 91.0 Å². The van der Waals surface area contributed by atoms with Gasteiger partial charge in [0, 0.05) is 14.7 Å². The molecule has 1 heterocycles. The molecule has 0 spiro atoms. The third-order valence-electron chi connectivity index (χ3n) is 5.59. The third-order valence-corrected chi connectivity index (χ3v) is 5.59. The number of hydrogen-bond acceptors (Lipinski definition) is 6.